The minimum Gasteiger partial charge on any atom is -0.467 e. The molecule has 4 unspecified atom stereocenters. The topological polar surface area (TPSA) is 357 Å². The maximum Gasteiger partial charge on any atom is 0.411 e. The number of aromatic nitrogens is 15. The van der Waals surface area contributed by atoms with E-state index in [-0.39, 0.29) is 30.6 Å². The van der Waals surface area contributed by atoms with Crippen LogP contribution >= 0.6 is 0 Å². The van der Waals surface area contributed by atoms with Crippen LogP contribution in [0.25, 0.3) is 50.3 Å². The van der Waals surface area contributed by atoms with Crippen LogP contribution in [0.15, 0.2) is 74.0 Å². The van der Waals surface area contributed by atoms with Gasteiger partial charge in [0.25, 0.3) is 0 Å². The fourth-order valence-corrected chi connectivity index (χ4v) is 12.4. The minimum atomic E-state index is -0.877. The minimum absolute atomic E-state index is 0.0235. The normalized spacial score (nSPS) is 20.3. The molecule has 13 heterocycles. The Morgan fingerprint density at radius 3 is 1.40 bits per heavy atom. The lowest BCUT2D eigenvalue weighted by Crippen LogP contribution is -2.53. The van der Waals surface area contributed by atoms with Gasteiger partial charge in [-0.05, 0) is 80.1 Å². The summed E-state index contributed by atoms with van der Waals surface area (Å²) >= 11 is 0. The van der Waals surface area contributed by atoms with Crippen molar-refractivity contribution in [3.63, 3.8) is 0 Å². The van der Waals surface area contributed by atoms with Gasteiger partial charge in [-0.25, -0.2) is 34.1 Å². The molecule has 90 heavy (non-hydrogen) atoms. The largest absolute Gasteiger partial charge is 0.467 e. The number of esters is 1. The molecule has 0 spiro atoms. The van der Waals surface area contributed by atoms with Crippen molar-refractivity contribution in [3.05, 3.63) is 91.1 Å². The van der Waals surface area contributed by atoms with Crippen LogP contribution in [0.4, 0.5) is 31.8 Å². The molecule has 0 bridgehead atoms. The standard InChI is InChI=1S/C22H29N7O4.C21H29N7O3.C17H19N7O2/c1-22(2,3)33-21(31)28-8-6-7-14(18(28)20(30)32-5)16-9-17(23)29-19(26-16)15(11-25-29)13-10-24-27(4)12-13;1-21(2,3)31-20(30)27-7-5-6-14(17(27)12-29)16-8-18(22)28-19(25-16)15(10-24-28)13-9-23-26(4)11-13;1-22-8-10(6-19-22)12-7-20-24-15(18)5-13(21-16(12)24)11-3-2-4-23-14(11)9-26-17(23)25/h9-12,14,18H,6-8,23H2,1-5H3;8-11,14,17,29H,5-7,12,22H2,1-4H3;5-8,11,14H,2-4,9,18H2,1H3/t;;11-,14-/m..1/s1. The van der Waals surface area contributed by atoms with Crippen LogP contribution < -0.4 is 17.2 Å². The van der Waals surface area contributed by atoms with Gasteiger partial charge < -0.3 is 51.1 Å². The van der Waals surface area contributed by atoms with Gasteiger partial charge in [-0.3, -0.25) is 18.9 Å². The van der Waals surface area contributed by atoms with Crippen LogP contribution in [0.5, 0.6) is 0 Å². The number of aryl methyl sites for hydroxylation is 3. The van der Waals surface area contributed by atoms with E-state index in [2.05, 4.69) is 30.6 Å². The summed E-state index contributed by atoms with van der Waals surface area (Å²) in [5.74, 6) is 0.357. The van der Waals surface area contributed by atoms with E-state index in [0.717, 1.165) is 77.0 Å². The molecule has 4 fully saturated rings. The van der Waals surface area contributed by atoms with Crippen molar-refractivity contribution in [1.29, 1.82) is 0 Å². The number of ether oxygens (including phenoxy) is 4. The summed E-state index contributed by atoms with van der Waals surface area (Å²) in [4.78, 5) is 69.9. The zero-order chi connectivity index (χ0) is 64.1. The van der Waals surface area contributed by atoms with Gasteiger partial charge in [0.2, 0.25) is 0 Å². The molecule has 4 aliphatic heterocycles. The average Bonchev–Trinajstić information content (AvgIpc) is 1.80. The highest BCUT2D eigenvalue weighted by Crippen LogP contribution is 2.40. The Balaban J connectivity index is 0.000000140. The maximum absolute atomic E-state index is 12.9. The summed E-state index contributed by atoms with van der Waals surface area (Å²) in [5.41, 5.74) is 26.8. The third-order valence-electron chi connectivity index (χ3n) is 16.4. The third-order valence-corrected chi connectivity index (χ3v) is 16.4. The molecule has 0 aromatic carbocycles. The Morgan fingerprint density at radius 2 is 0.978 bits per heavy atom. The van der Waals surface area contributed by atoms with Crippen LogP contribution in [-0.4, -0.2) is 186 Å². The second-order valence-corrected chi connectivity index (χ2v) is 25.1. The Bertz CT molecular complexity index is 4130. The van der Waals surface area contributed by atoms with Crippen molar-refractivity contribution in [2.45, 2.75) is 127 Å². The highest BCUT2D eigenvalue weighted by molar-refractivity contribution is 5.84. The Kier molecular flexibility index (Phi) is 16.9. The molecule has 0 radical (unpaired) electrons. The van der Waals surface area contributed by atoms with Crippen LogP contribution in [0.2, 0.25) is 0 Å². The molecule has 30 nitrogen and oxygen atoms in total. The zero-order valence-corrected chi connectivity index (χ0v) is 52.2. The molecule has 30 heteroatoms. The number of amides is 3. The summed E-state index contributed by atoms with van der Waals surface area (Å²) in [6, 6.07) is 4.05. The summed E-state index contributed by atoms with van der Waals surface area (Å²) < 4.78 is 31.4. The number of methoxy groups -OCH3 is 1. The Labute approximate surface area is 517 Å². The van der Waals surface area contributed by atoms with Gasteiger partial charge in [-0.15, -0.1) is 0 Å². The molecule has 7 N–H and O–H groups in total. The second kappa shape index (κ2) is 24.6. The van der Waals surface area contributed by atoms with Crippen molar-refractivity contribution in [2.75, 3.05) is 57.2 Å². The quantitative estimate of drug-likeness (QED) is 0.101. The molecule has 9 aromatic heterocycles. The maximum atomic E-state index is 12.9. The molecule has 9 aromatic rings. The van der Waals surface area contributed by atoms with Gasteiger partial charge in [0.1, 0.15) is 41.3 Å². The predicted molar refractivity (Wildman–Crippen MR) is 329 cm³/mol. The van der Waals surface area contributed by atoms with Gasteiger partial charge in [0.05, 0.1) is 80.1 Å². The van der Waals surface area contributed by atoms with Crippen LogP contribution in [0, 0.1) is 0 Å². The number of nitrogens with zero attached hydrogens (tertiary/aromatic N) is 18. The number of hydrogen-bond acceptors (Lipinski definition) is 21. The van der Waals surface area contributed by atoms with E-state index < -0.39 is 47.4 Å². The molecule has 13 rings (SSSR count). The Morgan fingerprint density at radius 1 is 0.578 bits per heavy atom. The molecule has 6 atom stereocenters. The molecule has 3 amide bonds. The monoisotopic (exact) mass is 1240 g/mol. The van der Waals surface area contributed by atoms with Crippen LogP contribution in [0.3, 0.4) is 0 Å². The average molecular weight is 1240 g/mol. The number of fused-ring (bicyclic) bond motifs is 4. The van der Waals surface area contributed by atoms with Crippen molar-refractivity contribution < 1.29 is 43.2 Å². The summed E-state index contributed by atoms with van der Waals surface area (Å²) in [5, 5.41) is 36.0. The number of cyclic esters (lactones) is 1. The van der Waals surface area contributed by atoms with Crippen molar-refractivity contribution in [2.24, 2.45) is 21.1 Å². The fraction of sp³-hybridized carbons (Fsp3) is 0.483. The Hall–Kier alpha value is -9.87. The number of likely N-dealkylation sites (tertiary alicyclic amines) is 2. The van der Waals surface area contributed by atoms with Gasteiger partial charge in [0.15, 0.2) is 16.9 Å². The summed E-state index contributed by atoms with van der Waals surface area (Å²) in [6.07, 6.45) is 19.7. The second-order valence-electron chi connectivity index (χ2n) is 25.1. The molecule has 476 valence electrons. The van der Waals surface area contributed by atoms with E-state index >= 15 is 0 Å². The number of rotatable bonds is 8. The number of carbonyl (C=O) groups is 4. The van der Waals surface area contributed by atoms with E-state index in [1.54, 1.807) is 103 Å². The first-order valence-electron chi connectivity index (χ1n) is 29.9. The predicted octanol–water partition coefficient (Wildman–Crippen LogP) is 5.97. The number of nitrogens with two attached hydrogens (primary N) is 3. The molecular weight excluding hydrogens is 1160 g/mol. The van der Waals surface area contributed by atoms with E-state index in [9.17, 15) is 24.3 Å². The van der Waals surface area contributed by atoms with E-state index in [0.29, 0.717) is 72.6 Å². The summed E-state index contributed by atoms with van der Waals surface area (Å²) in [7, 11) is 6.86. The molecule has 0 aliphatic carbocycles. The zero-order valence-electron chi connectivity index (χ0n) is 52.2. The van der Waals surface area contributed by atoms with E-state index in [1.807, 2.05) is 71.5 Å². The number of nitrogen functional groups attached to an aromatic ring is 3. The lowest BCUT2D eigenvalue weighted by Gasteiger charge is -2.40. The number of aliphatic hydroxyl groups excluding tert-OH is 1. The third kappa shape index (κ3) is 12.5. The first-order valence-corrected chi connectivity index (χ1v) is 29.9. The molecule has 0 saturated carbocycles. The number of carbonyl (C=O) groups excluding carboxylic acids is 4. The first kappa shape index (κ1) is 61.8. The molecule has 4 saturated heterocycles. The number of hydrogen-bond donors (Lipinski definition) is 4. The SMILES string of the molecule is COC(=O)C1C(c2cc(N)n3ncc(-c4cnn(C)c4)c3n2)CCCN1C(=O)OC(C)(C)C.Cn1cc(-c2cnn3c(N)cc(C4CCCN(C(=O)OC(C)(C)C)C4CO)nc23)cn1.Cn1cc(-c2cnn3c(N)cc([C@H]4CCCN5C(=O)OC[C@H]45)nc23)cn1. The van der Waals surface area contributed by atoms with Crippen molar-refractivity contribution >= 4 is 58.6 Å². The highest BCUT2D eigenvalue weighted by Gasteiger charge is 2.45. The fourth-order valence-electron chi connectivity index (χ4n) is 12.4. The van der Waals surface area contributed by atoms with Crippen molar-refractivity contribution in [1.82, 2.24) is 87.8 Å². The lowest BCUT2D eigenvalue weighted by molar-refractivity contribution is -0.149. The highest BCUT2D eigenvalue weighted by atomic mass is 16.6. The van der Waals surface area contributed by atoms with Gasteiger partial charge in [-0.1, -0.05) is 0 Å². The lowest BCUT2D eigenvalue weighted by atomic mass is 9.86. The first-order chi connectivity index (χ1) is 42.9. The van der Waals surface area contributed by atoms with Gasteiger partial charge in [0, 0.05) is 129 Å². The van der Waals surface area contributed by atoms with Gasteiger partial charge >= 0.3 is 24.2 Å². The molecular formula is C60H77N21O9. The van der Waals surface area contributed by atoms with E-state index in [1.165, 1.54) is 12.0 Å². The van der Waals surface area contributed by atoms with Crippen molar-refractivity contribution in [3.8, 4) is 33.4 Å². The van der Waals surface area contributed by atoms with Crippen LogP contribution in [0.1, 0.15) is 115 Å². The smallest absolute Gasteiger partial charge is 0.411 e. The number of piperidine rings is 3. The number of aliphatic hydroxyl groups is 1. The van der Waals surface area contributed by atoms with E-state index in [4.69, 9.17) is 51.1 Å². The summed E-state index contributed by atoms with van der Waals surface area (Å²) in [6.45, 7) is 12.7. The number of anilines is 3. The van der Waals surface area contributed by atoms with Gasteiger partial charge in [-0.2, -0.15) is 44.1 Å². The molecule has 4 aliphatic rings. The van der Waals surface area contributed by atoms with Crippen LogP contribution in [-0.2, 0) is 44.9 Å².